The molecule has 2 aromatic heterocycles. The topological polar surface area (TPSA) is 30.3 Å². The molecular formula is C16H21N3OS. The first-order chi connectivity index (χ1) is 10.3. The van der Waals surface area contributed by atoms with Crippen LogP contribution in [0.5, 0.6) is 0 Å². The third kappa shape index (κ3) is 3.81. The molecule has 21 heavy (non-hydrogen) atoms. The Hall–Kier alpha value is -1.43. The molecule has 0 amide bonds. The third-order valence-corrected chi connectivity index (χ3v) is 4.45. The predicted octanol–water partition coefficient (Wildman–Crippen LogP) is 2.78. The Balaban J connectivity index is 1.69. The molecule has 1 aliphatic heterocycles. The van der Waals surface area contributed by atoms with Crippen LogP contribution in [-0.4, -0.2) is 34.2 Å². The van der Waals surface area contributed by atoms with Gasteiger partial charge in [0, 0.05) is 37.9 Å². The van der Waals surface area contributed by atoms with E-state index in [4.69, 9.17) is 4.74 Å². The normalized spacial score (nSPS) is 19.1. The Labute approximate surface area is 129 Å². The summed E-state index contributed by atoms with van der Waals surface area (Å²) in [5.74, 6) is 1.63. The molecule has 112 valence electrons. The molecule has 0 spiro atoms. The van der Waals surface area contributed by atoms with Crippen LogP contribution in [-0.2, 0) is 24.4 Å². The summed E-state index contributed by atoms with van der Waals surface area (Å²) >= 11 is 1.76. The first-order valence-electron chi connectivity index (χ1n) is 7.27. The molecule has 3 rings (SSSR count). The van der Waals surface area contributed by atoms with E-state index in [-0.39, 0.29) is 0 Å². The molecule has 2 aromatic rings. The van der Waals surface area contributed by atoms with Crippen LogP contribution in [0.25, 0.3) is 0 Å². The molecule has 5 heteroatoms. The highest BCUT2D eigenvalue weighted by molar-refractivity contribution is 7.07. The number of hydrogen-bond donors (Lipinski definition) is 0. The van der Waals surface area contributed by atoms with E-state index in [1.165, 1.54) is 5.56 Å². The fourth-order valence-electron chi connectivity index (χ4n) is 2.81. The van der Waals surface area contributed by atoms with Crippen LogP contribution < -0.4 is 0 Å². The number of hydrogen-bond acceptors (Lipinski definition) is 4. The summed E-state index contributed by atoms with van der Waals surface area (Å²) in [5.41, 5.74) is 1.38. The summed E-state index contributed by atoms with van der Waals surface area (Å²) in [6, 6.07) is 2.20. The summed E-state index contributed by atoms with van der Waals surface area (Å²) in [5, 5.41) is 4.36. The maximum Gasteiger partial charge on any atom is 0.122 e. The van der Waals surface area contributed by atoms with Gasteiger partial charge < -0.3 is 9.30 Å². The Bertz CT molecular complexity index is 564. The lowest BCUT2D eigenvalue weighted by atomic mass is 10.1. The maximum absolute atomic E-state index is 5.68. The van der Waals surface area contributed by atoms with Gasteiger partial charge in [-0.3, -0.25) is 4.90 Å². The largest absolute Gasteiger partial charge is 0.377 e. The van der Waals surface area contributed by atoms with E-state index in [0.717, 1.165) is 38.6 Å². The lowest BCUT2D eigenvalue weighted by molar-refractivity contribution is 0.0943. The maximum atomic E-state index is 5.68. The minimum absolute atomic E-state index is 0.485. The minimum Gasteiger partial charge on any atom is -0.377 e. The molecule has 0 aromatic carbocycles. The van der Waals surface area contributed by atoms with Crippen LogP contribution >= 0.6 is 11.3 Å². The minimum atomic E-state index is 0.485. The molecule has 0 saturated heterocycles. The van der Waals surface area contributed by atoms with E-state index >= 15 is 0 Å². The van der Waals surface area contributed by atoms with Crippen molar-refractivity contribution in [3.8, 4) is 0 Å². The molecule has 0 saturated carbocycles. The molecular weight excluding hydrogens is 282 g/mol. The van der Waals surface area contributed by atoms with Crippen molar-refractivity contribution in [2.75, 3.05) is 19.8 Å². The van der Waals surface area contributed by atoms with Gasteiger partial charge in [-0.1, -0.05) is 6.08 Å². The van der Waals surface area contributed by atoms with Crippen molar-refractivity contribution in [1.29, 1.82) is 0 Å². The van der Waals surface area contributed by atoms with Crippen LogP contribution in [0.2, 0.25) is 0 Å². The third-order valence-electron chi connectivity index (χ3n) is 3.71. The van der Waals surface area contributed by atoms with Crippen LogP contribution in [0.15, 0.2) is 41.9 Å². The van der Waals surface area contributed by atoms with Gasteiger partial charge in [0.15, 0.2) is 0 Å². The first kappa shape index (κ1) is 14.5. The fourth-order valence-corrected chi connectivity index (χ4v) is 3.47. The van der Waals surface area contributed by atoms with Crippen molar-refractivity contribution in [3.05, 3.63) is 53.3 Å². The number of aromatic nitrogens is 2. The zero-order valence-electron chi connectivity index (χ0n) is 12.1. The Morgan fingerprint density at radius 1 is 1.48 bits per heavy atom. The van der Waals surface area contributed by atoms with Crippen molar-refractivity contribution in [2.24, 2.45) is 5.92 Å². The monoisotopic (exact) mass is 303 g/mol. The second-order valence-corrected chi connectivity index (χ2v) is 6.27. The van der Waals surface area contributed by atoms with Gasteiger partial charge in [-0.05, 0) is 22.4 Å². The van der Waals surface area contributed by atoms with Crippen LogP contribution in [0, 0.1) is 5.92 Å². The summed E-state index contributed by atoms with van der Waals surface area (Å²) < 4.78 is 7.94. The average molecular weight is 303 g/mol. The van der Waals surface area contributed by atoms with E-state index in [0.29, 0.717) is 12.5 Å². The number of imidazole rings is 1. The van der Waals surface area contributed by atoms with Gasteiger partial charge in [-0.25, -0.2) is 4.98 Å². The van der Waals surface area contributed by atoms with Crippen molar-refractivity contribution in [1.82, 2.24) is 14.5 Å². The second-order valence-electron chi connectivity index (χ2n) is 5.49. The Morgan fingerprint density at radius 3 is 3.24 bits per heavy atom. The number of fused-ring (bicyclic) bond motifs is 1. The lowest BCUT2D eigenvalue weighted by Crippen LogP contribution is -2.30. The molecule has 4 nitrogen and oxygen atoms in total. The van der Waals surface area contributed by atoms with Gasteiger partial charge >= 0.3 is 0 Å². The van der Waals surface area contributed by atoms with E-state index in [2.05, 4.69) is 44.1 Å². The van der Waals surface area contributed by atoms with Crippen molar-refractivity contribution in [2.45, 2.75) is 19.6 Å². The molecule has 0 fully saturated rings. The quantitative estimate of drug-likeness (QED) is 0.607. The molecule has 1 aliphatic rings. The molecule has 0 N–H and O–H groups in total. The number of nitrogens with zero attached hydrogens (tertiary/aromatic N) is 3. The standard InChI is InChI=1S/C16H21N3OS/c1-2-6-20-12-15-9-18(8-14-3-7-21-13-14)11-16-17-4-5-19(16)10-15/h2-5,7,13,15H,1,6,8-12H2/t15-/m1/s1. The average Bonchev–Trinajstić information content (AvgIpc) is 3.09. The Kier molecular flexibility index (Phi) is 4.85. The molecule has 1 atom stereocenters. The SMILES string of the molecule is C=CCOC[C@@H]1CN(Cc2ccsc2)Cc2nccn2C1. The highest BCUT2D eigenvalue weighted by Gasteiger charge is 2.22. The molecule has 0 radical (unpaired) electrons. The molecule has 0 unspecified atom stereocenters. The summed E-state index contributed by atoms with van der Waals surface area (Å²) in [7, 11) is 0. The van der Waals surface area contributed by atoms with Gasteiger partial charge in [-0.15, -0.1) is 6.58 Å². The summed E-state index contributed by atoms with van der Waals surface area (Å²) in [6.07, 6.45) is 5.78. The summed E-state index contributed by atoms with van der Waals surface area (Å²) in [4.78, 5) is 6.96. The van der Waals surface area contributed by atoms with E-state index in [1.807, 2.05) is 12.3 Å². The zero-order valence-corrected chi connectivity index (χ0v) is 13.0. The van der Waals surface area contributed by atoms with E-state index in [9.17, 15) is 0 Å². The van der Waals surface area contributed by atoms with Gasteiger partial charge in [0.1, 0.15) is 5.82 Å². The number of rotatable bonds is 6. The smallest absolute Gasteiger partial charge is 0.122 e. The predicted molar refractivity (Wildman–Crippen MR) is 85.2 cm³/mol. The Morgan fingerprint density at radius 2 is 2.43 bits per heavy atom. The highest BCUT2D eigenvalue weighted by atomic mass is 32.1. The van der Waals surface area contributed by atoms with Crippen LogP contribution in [0.4, 0.5) is 0 Å². The van der Waals surface area contributed by atoms with Crippen LogP contribution in [0.1, 0.15) is 11.4 Å². The highest BCUT2D eigenvalue weighted by Crippen LogP contribution is 2.19. The van der Waals surface area contributed by atoms with Gasteiger partial charge in [-0.2, -0.15) is 11.3 Å². The first-order valence-corrected chi connectivity index (χ1v) is 8.21. The van der Waals surface area contributed by atoms with Gasteiger partial charge in [0.25, 0.3) is 0 Å². The van der Waals surface area contributed by atoms with Crippen LogP contribution in [0.3, 0.4) is 0 Å². The van der Waals surface area contributed by atoms with Gasteiger partial charge in [0.05, 0.1) is 19.8 Å². The van der Waals surface area contributed by atoms with Gasteiger partial charge in [0.2, 0.25) is 0 Å². The number of thiophene rings is 1. The second kappa shape index (κ2) is 7.02. The lowest BCUT2D eigenvalue weighted by Gasteiger charge is -2.23. The fraction of sp³-hybridized carbons (Fsp3) is 0.438. The van der Waals surface area contributed by atoms with Crippen molar-refractivity contribution < 1.29 is 4.74 Å². The number of ether oxygens (including phenoxy) is 1. The zero-order chi connectivity index (χ0) is 14.5. The van der Waals surface area contributed by atoms with E-state index < -0.39 is 0 Å². The van der Waals surface area contributed by atoms with Crippen molar-refractivity contribution >= 4 is 11.3 Å². The molecule has 0 bridgehead atoms. The summed E-state index contributed by atoms with van der Waals surface area (Å²) in [6.45, 7) is 9.00. The molecule has 0 aliphatic carbocycles. The molecule has 3 heterocycles. The van der Waals surface area contributed by atoms with Crippen molar-refractivity contribution in [3.63, 3.8) is 0 Å². The van der Waals surface area contributed by atoms with E-state index in [1.54, 1.807) is 11.3 Å².